The van der Waals surface area contributed by atoms with Gasteiger partial charge in [-0.1, -0.05) is 23.2 Å². The molecular weight excluding hydrogens is 335 g/mol. The average molecular weight is 359 g/mol. The Balaban J connectivity index is 1.72. The van der Waals surface area contributed by atoms with Crippen LogP contribution in [0, 0.1) is 5.92 Å². The van der Waals surface area contributed by atoms with Gasteiger partial charge in [0.05, 0.1) is 11.6 Å². The number of halogens is 2. The van der Waals surface area contributed by atoms with Crippen LogP contribution in [0.1, 0.15) is 32.6 Å². The van der Waals surface area contributed by atoms with Crippen molar-refractivity contribution >= 4 is 29.1 Å². The highest BCUT2D eigenvalue weighted by molar-refractivity contribution is 6.35. The maximum atomic E-state index is 12.3. The first-order valence-corrected chi connectivity index (χ1v) is 8.84. The van der Waals surface area contributed by atoms with Gasteiger partial charge in [0.2, 0.25) is 5.91 Å². The van der Waals surface area contributed by atoms with Crippen molar-refractivity contribution in [3.05, 3.63) is 28.2 Å². The first-order chi connectivity index (χ1) is 11.0. The fourth-order valence-corrected chi connectivity index (χ4v) is 3.28. The van der Waals surface area contributed by atoms with Gasteiger partial charge in [0.1, 0.15) is 5.75 Å². The summed E-state index contributed by atoms with van der Waals surface area (Å²) >= 11 is 11.9. The second-order valence-corrected chi connectivity index (χ2v) is 6.97. The Bertz CT molecular complexity index is 537. The van der Waals surface area contributed by atoms with Gasteiger partial charge in [-0.15, -0.1) is 0 Å². The lowest BCUT2D eigenvalue weighted by atomic mass is 9.92. The molecule has 23 heavy (non-hydrogen) atoms. The van der Waals surface area contributed by atoms with Crippen LogP contribution in [0.5, 0.6) is 5.75 Å². The number of hydrogen-bond donors (Lipinski definition) is 1. The summed E-state index contributed by atoms with van der Waals surface area (Å²) in [4.78, 5) is 14.2. The zero-order valence-electron chi connectivity index (χ0n) is 13.4. The third-order valence-electron chi connectivity index (χ3n) is 4.24. The number of hydrogen-bond acceptors (Lipinski definition) is 3. The molecule has 1 aliphatic rings. The van der Waals surface area contributed by atoms with E-state index < -0.39 is 0 Å². The van der Waals surface area contributed by atoms with E-state index in [1.54, 1.807) is 18.2 Å². The molecule has 1 aromatic carbocycles. The number of piperidine rings is 1. The second-order valence-electron chi connectivity index (χ2n) is 6.13. The third kappa shape index (κ3) is 5.55. The molecule has 0 radical (unpaired) electrons. The molecule has 4 nitrogen and oxygen atoms in total. The Kier molecular flexibility index (Phi) is 7.00. The molecule has 0 bridgehead atoms. The van der Waals surface area contributed by atoms with Crippen molar-refractivity contribution < 1.29 is 9.53 Å². The van der Waals surface area contributed by atoms with Crippen molar-refractivity contribution in [3.8, 4) is 5.75 Å². The minimum atomic E-state index is 0.140. The molecule has 0 aromatic heterocycles. The Hall–Kier alpha value is -0.970. The van der Waals surface area contributed by atoms with Gasteiger partial charge in [-0.3, -0.25) is 4.79 Å². The van der Waals surface area contributed by atoms with E-state index in [1.165, 1.54) is 0 Å². The standard InChI is InChI=1S/C17H24Cl2N2O2/c1-12(20)13-4-2-8-21(11-13)17(22)5-3-9-23-16-7-6-14(18)10-15(16)19/h6-7,10,12-13H,2-5,8-9,11,20H2,1H3. The van der Waals surface area contributed by atoms with Crippen LogP contribution < -0.4 is 10.5 Å². The molecule has 1 aromatic rings. The van der Waals surface area contributed by atoms with Crippen molar-refractivity contribution in [3.63, 3.8) is 0 Å². The number of nitrogens with two attached hydrogens (primary N) is 1. The highest BCUT2D eigenvalue weighted by Crippen LogP contribution is 2.27. The molecule has 2 atom stereocenters. The van der Waals surface area contributed by atoms with Gasteiger partial charge < -0.3 is 15.4 Å². The van der Waals surface area contributed by atoms with Crippen LogP contribution in [0.3, 0.4) is 0 Å². The van der Waals surface area contributed by atoms with E-state index in [0.29, 0.717) is 41.2 Å². The van der Waals surface area contributed by atoms with E-state index in [2.05, 4.69) is 0 Å². The summed E-state index contributed by atoms with van der Waals surface area (Å²) in [5.74, 6) is 1.19. The van der Waals surface area contributed by atoms with Crippen LogP contribution >= 0.6 is 23.2 Å². The summed E-state index contributed by atoms with van der Waals surface area (Å²) < 4.78 is 5.61. The number of rotatable bonds is 6. The van der Waals surface area contributed by atoms with Crippen molar-refractivity contribution in [2.75, 3.05) is 19.7 Å². The van der Waals surface area contributed by atoms with Gasteiger partial charge in [0.25, 0.3) is 0 Å². The number of carbonyl (C=O) groups excluding carboxylic acids is 1. The molecule has 6 heteroatoms. The number of nitrogens with zero attached hydrogens (tertiary/aromatic N) is 1. The van der Waals surface area contributed by atoms with E-state index in [9.17, 15) is 4.79 Å². The molecule has 2 N–H and O–H groups in total. The van der Waals surface area contributed by atoms with E-state index >= 15 is 0 Å². The average Bonchev–Trinajstić information content (AvgIpc) is 2.53. The molecule has 0 spiro atoms. The van der Waals surface area contributed by atoms with E-state index in [0.717, 1.165) is 25.9 Å². The molecule has 1 fully saturated rings. The van der Waals surface area contributed by atoms with Gasteiger partial charge >= 0.3 is 0 Å². The normalized spacial score (nSPS) is 19.5. The molecule has 1 saturated heterocycles. The largest absolute Gasteiger partial charge is 0.492 e. The molecule has 0 aliphatic carbocycles. The molecule has 1 aliphatic heterocycles. The predicted molar refractivity (Wildman–Crippen MR) is 94.1 cm³/mol. The summed E-state index contributed by atoms with van der Waals surface area (Å²) in [5, 5.41) is 1.06. The molecule has 128 valence electrons. The van der Waals surface area contributed by atoms with Gasteiger partial charge in [-0.05, 0) is 50.3 Å². The molecule has 0 saturated carbocycles. The second kappa shape index (κ2) is 8.76. The van der Waals surface area contributed by atoms with Crippen LogP contribution in [0.2, 0.25) is 10.0 Å². The maximum Gasteiger partial charge on any atom is 0.222 e. The first kappa shape index (κ1) is 18.4. The lowest BCUT2D eigenvalue weighted by Gasteiger charge is -2.34. The van der Waals surface area contributed by atoms with Crippen LogP contribution in [-0.4, -0.2) is 36.5 Å². The lowest BCUT2D eigenvalue weighted by molar-refractivity contribution is -0.133. The number of likely N-dealkylation sites (tertiary alicyclic amines) is 1. The highest BCUT2D eigenvalue weighted by Gasteiger charge is 2.25. The quantitative estimate of drug-likeness (QED) is 0.788. The Morgan fingerprint density at radius 1 is 1.48 bits per heavy atom. The number of carbonyl (C=O) groups is 1. The van der Waals surface area contributed by atoms with Crippen LogP contribution in [0.25, 0.3) is 0 Å². The van der Waals surface area contributed by atoms with Gasteiger partial charge in [-0.25, -0.2) is 0 Å². The fourth-order valence-electron chi connectivity index (χ4n) is 2.82. The molecular formula is C17H24Cl2N2O2. The third-order valence-corrected chi connectivity index (χ3v) is 4.77. The van der Waals surface area contributed by atoms with E-state index in [1.807, 2.05) is 11.8 Å². The molecule has 1 heterocycles. The van der Waals surface area contributed by atoms with Gasteiger partial charge in [0.15, 0.2) is 0 Å². The summed E-state index contributed by atoms with van der Waals surface area (Å²) in [6.07, 6.45) is 3.29. The Morgan fingerprint density at radius 2 is 2.26 bits per heavy atom. The Labute approximate surface area is 147 Å². The number of amides is 1. The summed E-state index contributed by atoms with van der Waals surface area (Å²) in [6, 6.07) is 5.26. The minimum Gasteiger partial charge on any atom is -0.492 e. The predicted octanol–water partition coefficient (Wildman–Crippen LogP) is 3.74. The molecule has 2 rings (SSSR count). The zero-order chi connectivity index (χ0) is 16.8. The highest BCUT2D eigenvalue weighted by atomic mass is 35.5. The van der Waals surface area contributed by atoms with Gasteiger partial charge in [-0.2, -0.15) is 0 Å². The van der Waals surface area contributed by atoms with E-state index in [4.69, 9.17) is 33.7 Å². The molecule has 1 amide bonds. The first-order valence-electron chi connectivity index (χ1n) is 8.08. The van der Waals surface area contributed by atoms with Gasteiger partial charge in [0, 0.05) is 30.6 Å². The fraction of sp³-hybridized carbons (Fsp3) is 0.588. The summed E-state index contributed by atoms with van der Waals surface area (Å²) in [6.45, 7) is 4.09. The van der Waals surface area contributed by atoms with Crippen LogP contribution in [-0.2, 0) is 4.79 Å². The smallest absolute Gasteiger partial charge is 0.222 e. The van der Waals surface area contributed by atoms with Crippen molar-refractivity contribution in [2.24, 2.45) is 11.7 Å². The van der Waals surface area contributed by atoms with Crippen LogP contribution in [0.15, 0.2) is 18.2 Å². The topological polar surface area (TPSA) is 55.6 Å². The summed E-state index contributed by atoms with van der Waals surface area (Å²) in [5.41, 5.74) is 5.96. The monoisotopic (exact) mass is 358 g/mol. The van der Waals surface area contributed by atoms with Crippen molar-refractivity contribution in [2.45, 2.75) is 38.6 Å². The summed E-state index contributed by atoms with van der Waals surface area (Å²) in [7, 11) is 0. The van der Waals surface area contributed by atoms with Crippen molar-refractivity contribution in [1.82, 2.24) is 4.90 Å². The Morgan fingerprint density at radius 3 is 2.96 bits per heavy atom. The van der Waals surface area contributed by atoms with Crippen LogP contribution in [0.4, 0.5) is 0 Å². The maximum absolute atomic E-state index is 12.3. The number of benzene rings is 1. The lowest BCUT2D eigenvalue weighted by Crippen LogP contribution is -2.45. The van der Waals surface area contributed by atoms with E-state index in [-0.39, 0.29) is 11.9 Å². The SMILES string of the molecule is CC(N)C1CCCN(C(=O)CCCOc2ccc(Cl)cc2Cl)C1. The number of ether oxygens (including phenoxy) is 1. The minimum absolute atomic E-state index is 0.140. The zero-order valence-corrected chi connectivity index (χ0v) is 14.9. The molecule has 2 unspecified atom stereocenters. The van der Waals surface area contributed by atoms with Crippen molar-refractivity contribution in [1.29, 1.82) is 0 Å².